The highest BCUT2D eigenvalue weighted by molar-refractivity contribution is 7.16. The second-order valence-electron chi connectivity index (χ2n) is 5.65. The Hall–Kier alpha value is -2.94. The molecule has 0 fully saturated rings. The van der Waals surface area contributed by atoms with E-state index in [0.29, 0.717) is 0 Å². The number of carbonyl (C=O) groups excluding carboxylic acids is 1. The van der Waals surface area contributed by atoms with Gasteiger partial charge in [0.25, 0.3) is 5.91 Å². The van der Waals surface area contributed by atoms with Gasteiger partial charge in [0.2, 0.25) is 0 Å². The number of halogens is 3. The Labute approximate surface area is 155 Å². The van der Waals surface area contributed by atoms with Gasteiger partial charge in [-0.2, -0.15) is 4.99 Å². The first-order valence-electron chi connectivity index (χ1n) is 7.90. The molecule has 27 heavy (non-hydrogen) atoms. The Bertz CT molecular complexity index is 1120. The second kappa shape index (κ2) is 7.36. The Morgan fingerprint density at radius 3 is 2.44 bits per heavy atom. The molecule has 1 amide bonds. The number of benzene rings is 2. The van der Waals surface area contributed by atoms with Crippen molar-refractivity contribution in [2.45, 2.75) is 19.4 Å². The fourth-order valence-corrected chi connectivity index (χ4v) is 3.74. The van der Waals surface area contributed by atoms with Gasteiger partial charge < -0.3 is 9.67 Å². The molecular weight excluding hydrogens is 381 g/mol. The minimum atomic E-state index is -1.22. The Kier molecular flexibility index (Phi) is 5.13. The predicted octanol–water partition coefficient (Wildman–Crippen LogP) is 3.90. The lowest BCUT2D eigenvalue weighted by Gasteiger charge is -2.13. The molecular formula is C18H13F3N2O3S. The third-order valence-corrected chi connectivity index (χ3v) is 4.97. The van der Waals surface area contributed by atoms with Gasteiger partial charge in [-0.15, -0.1) is 0 Å². The Morgan fingerprint density at radius 2 is 1.81 bits per heavy atom. The Balaban J connectivity index is 2.30. The van der Waals surface area contributed by atoms with Crippen LogP contribution in [0.5, 0.6) is 0 Å². The minimum absolute atomic E-state index is 0.0856. The zero-order valence-electron chi connectivity index (χ0n) is 13.9. The standard InChI is InChI=1S/C18H13F3N2O3S/c1-2-13(17(25)26)23-14-7-11(20)12(21)8-15(14)27-18(23)22-16(24)9-5-3-4-6-10(9)19/h3-8,13H,2H2,1H3,(H,25,26). The maximum atomic E-state index is 13.8. The molecule has 3 aromatic rings. The summed E-state index contributed by atoms with van der Waals surface area (Å²) in [5, 5.41) is 9.48. The largest absolute Gasteiger partial charge is 0.480 e. The number of carbonyl (C=O) groups is 2. The van der Waals surface area contributed by atoms with Crippen molar-refractivity contribution in [3.63, 3.8) is 0 Å². The molecule has 1 unspecified atom stereocenters. The van der Waals surface area contributed by atoms with E-state index in [1.165, 1.54) is 18.2 Å². The maximum absolute atomic E-state index is 13.8. The number of aromatic nitrogens is 1. The summed E-state index contributed by atoms with van der Waals surface area (Å²) in [7, 11) is 0. The van der Waals surface area contributed by atoms with Crippen molar-refractivity contribution in [1.82, 2.24) is 4.57 Å². The molecule has 5 nitrogen and oxygen atoms in total. The summed E-state index contributed by atoms with van der Waals surface area (Å²) >= 11 is 0.820. The molecule has 0 radical (unpaired) electrons. The first-order chi connectivity index (χ1) is 12.8. The number of nitrogens with zero attached hydrogens (tertiary/aromatic N) is 2. The van der Waals surface area contributed by atoms with E-state index >= 15 is 0 Å². The average molecular weight is 394 g/mol. The topological polar surface area (TPSA) is 71.7 Å². The van der Waals surface area contributed by atoms with Gasteiger partial charge in [-0.05, 0) is 24.6 Å². The molecule has 0 spiro atoms. The van der Waals surface area contributed by atoms with E-state index < -0.39 is 35.4 Å². The van der Waals surface area contributed by atoms with Crippen molar-refractivity contribution in [2.24, 2.45) is 4.99 Å². The van der Waals surface area contributed by atoms with Crippen LogP contribution >= 0.6 is 11.3 Å². The first-order valence-corrected chi connectivity index (χ1v) is 8.71. The molecule has 2 aromatic carbocycles. The third kappa shape index (κ3) is 3.50. The number of amides is 1. The van der Waals surface area contributed by atoms with Crippen LogP contribution in [0, 0.1) is 17.5 Å². The van der Waals surface area contributed by atoms with Crippen LogP contribution in [0.25, 0.3) is 10.2 Å². The van der Waals surface area contributed by atoms with Crippen LogP contribution < -0.4 is 4.80 Å². The van der Waals surface area contributed by atoms with Crippen LogP contribution in [0.2, 0.25) is 0 Å². The molecule has 0 bridgehead atoms. The summed E-state index contributed by atoms with van der Waals surface area (Å²) in [6.45, 7) is 1.59. The van der Waals surface area contributed by atoms with Gasteiger partial charge in [0.1, 0.15) is 11.9 Å². The molecule has 140 valence electrons. The van der Waals surface area contributed by atoms with Crippen molar-refractivity contribution in [1.29, 1.82) is 0 Å². The monoisotopic (exact) mass is 394 g/mol. The van der Waals surface area contributed by atoms with Crippen LogP contribution in [0.1, 0.15) is 29.7 Å². The van der Waals surface area contributed by atoms with Gasteiger partial charge in [0.05, 0.1) is 15.8 Å². The predicted molar refractivity (Wildman–Crippen MR) is 93.0 cm³/mol. The van der Waals surface area contributed by atoms with Crippen molar-refractivity contribution in [3.8, 4) is 0 Å². The summed E-state index contributed by atoms with van der Waals surface area (Å²) in [6, 6.07) is 5.82. The number of aliphatic carboxylic acids is 1. The molecule has 0 saturated carbocycles. The van der Waals surface area contributed by atoms with Crippen LogP contribution in [0.4, 0.5) is 13.2 Å². The molecule has 0 aliphatic rings. The van der Waals surface area contributed by atoms with Gasteiger partial charge in [-0.1, -0.05) is 30.4 Å². The Morgan fingerprint density at radius 1 is 1.15 bits per heavy atom. The third-order valence-electron chi connectivity index (χ3n) is 3.95. The molecule has 1 heterocycles. The molecule has 1 aromatic heterocycles. The van der Waals surface area contributed by atoms with Crippen LogP contribution in [-0.2, 0) is 4.79 Å². The summed E-state index contributed by atoms with van der Waals surface area (Å²) < 4.78 is 42.5. The van der Waals surface area contributed by atoms with Gasteiger partial charge in [-0.3, -0.25) is 4.79 Å². The summed E-state index contributed by atoms with van der Waals surface area (Å²) in [4.78, 5) is 27.7. The van der Waals surface area contributed by atoms with Gasteiger partial charge in [-0.25, -0.2) is 18.0 Å². The molecule has 9 heteroatoms. The van der Waals surface area contributed by atoms with Crippen LogP contribution in [-0.4, -0.2) is 21.6 Å². The summed E-state index contributed by atoms with van der Waals surface area (Å²) in [5.41, 5.74) is -0.199. The molecule has 0 aliphatic carbocycles. The molecule has 1 N–H and O–H groups in total. The summed E-state index contributed by atoms with van der Waals surface area (Å²) in [5.74, 6) is -5.18. The molecule has 0 aliphatic heterocycles. The fourth-order valence-electron chi connectivity index (χ4n) is 2.67. The highest BCUT2D eigenvalue weighted by atomic mass is 32.1. The van der Waals surface area contributed by atoms with Gasteiger partial charge in [0, 0.05) is 6.07 Å². The fraction of sp³-hybridized carbons (Fsp3) is 0.167. The maximum Gasteiger partial charge on any atom is 0.326 e. The normalized spacial score (nSPS) is 13.1. The van der Waals surface area contributed by atoms with E-state index in [4.69, 9.17) is 0 Å². The smallest absolute Gasteiger partial charge is 0.326 e. The van der Waals surface area contributed by atoms with Gasteiger partial charge in [0.15, 0.2) is 16.4 Å². The minimum Gasteiger partial charge on any atom is -0.480 e. The van der Waals surface area contributed by atoms with Crippen molar-refractivity contribution in [3.05, 3.63) is 64.2 Å². The lowest BCUT2D eigenvalue weighted by atomic mass is 10.2. The lowest BCUT2D eigenvalue weighted by molar-refractivity contribution is -0.140. The number of thiazole rings is 1. The number of carboxylic acid groups (broad SMARTS) is 1. The van der Waals surface area contributed by atoms with Crippen molar-refractivity contribution in [2.75, 3.05) is 0 Å². The average Bonchev–Trinajstić information content (AvgIpc) is 2.93. The van der Waals surface area contributed by atoms with Crippen LogP contribution in [0.3, 0.4) is 0 Å². The zero-order chi connectivity index (χ0) is 19.7. The number of hydrogen-bond acceptors (Lipinski definition) is 3. The second-order valence-corrected chi connectivity index (χ2v) is 6.66. The quantitative estimate of drug-likeness (QED) is 0.730. The highest BCUT2D eigenvalue weighted by Gasteiger charge is 2.23. The van der Waals surface area contributed by atoms with Gasteiger partial charge >= 0.3 is 5.97 Å². The van der Waals surface area contributed by atoms with E-state index in [1.807, 2.05) is 0 Å². The summed E-state index contributed by atoms with van der Waals surface area (Å²) in [6.07, 6.45) is 0.112. The zero-order valence-corrected chi connectivity index (χ0v) is 14.8. The first kappa shape index (κ1) is 18.8. The molecule has 1 atom stereocenters. The number of hydrogen-bond donors (Lipinski definition) is 1. The van der Waals surface area contributed by atoms with E-state index in [1.54, 1.807) is 6.92 Å². The number of carboxylic acids is 1. The van der Waals surface area contributed by atoms with E-state index in [0.717, 1.165) is 34.1 Å². The van der Waals surface area contributed by atoms with Crippen LogP contribution in [0.15, 0.2) is 41.4 Å². The molecule has 3 rings (SSSR count). The van der Waals surface area contributed by atoms with E-state index in [-0.39, 0.29) is 27.0 Å². The number of rotatable bonds is 4. The van der Waals surface area contributed by atoms with E-state index in [2.05, 4.69) is 4.99 Å². The van der Waals surface area contributed by atoms with Crippen molar-refractivity contribution < 1.29 is 27.9 Å². The number of fused-ring (bicyclic) bond motifs is 1. The SMILES string of the molecule is CCC(C(=O)O)n1c(=NC(=O)c2ccccc2F)sc2cc(F)c(F)cc21. The highest BCUT2D eigenvalue weighted by Crippen LogP contribution is 2.25. The lowest BCUT2D eigenvalue weighted by Crippen LogP contribution is -2.27. The van der Waals surface area contributed by atoms with E-state index in [9.17, 15) is 27.9 Å². The molecule has 0 saturated heterocycles. The van der Waals surface area contributed by atoms with Crippen molar-refractivity contribution >= 4 is 33.4 Å².